The molecule has 214 valence electrons. The number of hydrogen-bond donors (Lipinski definition) is 2. The number of likely N-dealkylation sites (N-methyl/N-ethyl adjacent to an activating group) is 1. The van der Waals surface area contributed by atoms with E-state index in [1.807, 2.05) is 24.3 Å². The van der Waals surface area contributed by atoms with E-state index < -0.39 is 7.14 Å². The number of nitrogens with one attached hydrogen (secondary N) is 2. The number of ether oxygens (including phenoxy) is 2. The molecule has 1 atom stereocenters. The van der Waals surface area contributed by atoms with Crippen LogP contribution in [0.15, 0.2) is 47.3 Å². The van der Waals surface area contributed by atoms with E-state index in [4.69, 9.17) is 14.5 Å². The van der Waals surface area contributed by atoms with Crippen molar-refractivity contribution in [1.29, 1.82) is 0 Å². The fourth-order valence-corrected chi connectivity index (χ4v) is 7.12. The molecule has 2 aromatic carbocycles. The molecular weight excluding hydrogens is 607 g/mol. The Kier molecular flexibility index (Phi) is 7.48. The first-order valence-corrected chi connectivity index (χ1v) is 16.8. The van der Waals surface area contributed by atoms with E-state index in [1.54, 1.807) is 39.0 Å². The van der Waals surface area contributed by atoms with Gasteiger partial charge in [0.1, 0.15) is 36.6 Å². The van der Waals surface area contributed by atoms with Crippen LogP contribution in [0.1, 0.15) is 6.92 Å². The Morgan fingerprint density at radius 3 is 2.73 bits per heavy atom. The largest absolute Gasteiger partial charge is 0.494 e. The van der Waals surface area contributed by atoms with Gasteiger partial charge in [0.05, 0.1) is 45.5 Å². The maximum atomic E-state index is 13.3. The Hall–Kier alpha value is -3.47. The van der Waals surface area contributed by atoms with Crippen molar-refractivity contribution in [3.05, 3.63) is 47.3 Å². The summed E-state index contributed by atoms with van der Waals surface area (Å²) in [6.45, 7) is 10.3. The summed E-state index contributed by atoms with van der Waals surface area (Å²) < 4.78 is 26.0. The van der Waals surface area contributed by atoms with Gasteiger partial charge in [0.25, 0.3) is 0 Å². The molecule has 2 aliphatic rings. The molecule has 13 heteroatoms. The number of nitrogens with zero attached hydrogens (tertiary/aromatic N) is 6. The van der Waals surface area contributed by atoms with Crippen LogP contribution in [-0.4, -0.2) is 84.1 Å². The van der Waals surface area contributed by atoms with Crippen molar-refractivity contribution in [2.24, 2.45) is 0 Å². The molecule has 4 heterocycles. The standard InChI is InChI=1S/C28H32BrN8O3P/c1-5-36-10-11-37-17(15-36)16-40-24-12-21(23(39-2)13-22(24)37)34-28-32-14-18(29)27(35-28)33-20-7-6-19-25(31-9-8-30-19)26(20)41(3,4)38/h6-9,12-14,17H,5,10-11,15-16H2,1-4H3,(H2,32,33,34,35)/t17-/m0/s1. The monoisotopic (exact) mass is 638 g/mol. The molecule has 2 N–H and O–H groups in total. The van der Waals surface area contributed by atoms with E-state index in [0.717, 1.165) is 37.6 Å². The predicted octanol–water partition coefficient (Wildman–Crippen LogP) is 4.83. The Morgan fingerprint density at radius 2 is 1.95 bits per heavy atom. The first-order valence-electron chi connectivity index (χ1n) is 13.4. The zero-order chi connectivity index (χ0) is 28.7. The van der Waals surface area contributed by atoms with E-state index in [9.17, 15) is 4.57 Å². The molecule has 0 spiro atoms. The van der Waals surface area contributed by atoms with Crippen LogP contribution in [0.4, 0.5) is 28.8 Å². The SMILES string of the molecule is CCN1CCN2c3cc(OC)c(Nc4ncc(Br)c(Nc5ccc6nccnc6c5P(C)(C)=O)n4)cc3OC[C@@H]2C1. The maximum absolute atomic E-state index is 13.3. The topological polar surface area (TPSA) is 118 Å². The van der Waals surface area contributed by atoms with E-state index in [2.05, 4.69) is 58.2 Å². The molecule has 1 saturated heterocycles. The van der Waals surface area contributed by atoms with Gasteiger partial charge in [0.2, 0.25) is 5.95 Å². The highest BCUT2D eigenvalue weighted by Crippen LogP contribution is 2.44. The van der Waals surface area contributed by atoms with Gasteiger partial charge < -0.3 is 29.6 Å². The van der Waals surface area contributed by atoms with Gasteiger partial charge >= 0.3 is 0 Å². The molecular formula is C28H32BrN8O3P. The molecule has 6 rings (SSSR count). The highest BCUT2D eigenvalue weighted by molar-refractivity contribution is 9.10. The molecule has 0 saturated carbocycles. The minimum Gasteiger partial charge on any atom is -0.494 e. The van der Waals surface area contributed by atoms with E-state index in [-0.39, 0.29) is 0 Å². The summed E-state index contributed by atoms with van der Waals surface area (Å²) in [5.41, 5.74) is 3.66. The Bertz CT molecular complexity index is 1670. The summed E-state index contributed by atoms with van der Waals surface area (Å²) in [6, 6.07) is 7.98. The van der Waals surface area contributed by atoms with Crippen LogP contribution in [0.25, 0.3) is 11.0 Å². The highest BCUT2D eigenvalue weighted by atomic mass is 79.9. The van der Waals surface area contributed by atoms with Crippen molar-refractivity contribution in [2.45, 2.75) is 13.0 Å². The van der Waals surface area contributed by atoms with Gasteiger partial charge in [0, 0.05) is 50.4 Å². The van der Waals surface area contributed by atoms with Crippen LogP contribution in [0.2, 0.25) is 0 Å². The lowest BCUT2D eigenvalue weighted by Gasteiger charge is -2.45. The number of anilines is 5. The van der Waals surface area contributed by atoms with Crippen LogP contribution in [0, 0.1) is 0 Å². The van der Waals surface area contributed by atoms with Gasteiger partial charge in [-0.2, -0.15) is 4.98 Å². The second-order valence-electron chi connectivity index (χ2n) is 10.4. The van der Waals surface area contributed by atoms with Gasteiger partial charge in [-0.1, -0.05) is 6.92 Å². The third kappa shape index (κ3) is 5.43. The maximum Gasteiger partial charge on any atom is 0.229 e. The van der Waals surface area contributed by atoms with Crippen LogP contribution in [-0.2, 0) is 4.57 Å². The number of piperazine rings is 1. The van der Waals surface area contributed by atoms with Crippen LogP contribution in [0.3, 0.4) is 0 Å². The van der Waals surface area contributed by atoms with Crippen LogP contribution in [0.5, 0.6) is 11.5 Å². The molecule has 4 aromatic rings. The summed E-state index contributed by atoms with van der Waals surface area (Å²) >= 11 is 3.55. The van der Waals surface area contributed by atoms with Gasteiger partial charge in [0.15, 0.2) is 0 Å². The molecule has 11 nitrogen and oxygen atoms in total. The summed E-state index contributed by atoms with van der Waals surface area (Å²) in [4.78, 5) is 22.9. The van der Waals surface area contributed by atoms with Crippen molar-refractivity contribution < 1.29 is 14.0 Å². The summed E-state index contributed by atoms with van der Waals surface area (Å²) in [5.74, 6) is 2.33. The molecule has 41 heavy (non-hydrogen) atoms. The van der Waals surface area contributed by atoms with Gasteiger partial charge in [-0.25, -0.2) is 4.98 Å². The number of halogens is 1. The summed E-state index contributed by atoms with van der Waals surface area (Å²) in [6.07, 6.45) is 4.89. The van der Waals surface area contributed by atoms with E-state index in [1.165, 1.54) is 0 Å². The van der Waals surface area contributed by atoms with Crippen molar-refractivity contribution in [3.8, 4) is 11.5 Å². The Balaban J connectivity index is 1.30. The van der Waals surface area contributed by atoms with Gasteiger partial charge in [-0.3, -0.25) is 14.9 Å². The number of fused-ring (bicyclic) bond motifs is 4. The van der Waals surface area contributed by atoms with E-state index in [0.29, 0.717) is 62.3 Å². The average Bonchev–Trinajstić information content (AvgIpc) is 2.97. The number of hydrogen-bond acceptors (Lipinski definition) is 11. The second kappa shape index (κ2) is 11.1. The lowest BCUT2D eigenvalue weighted by Crippen LogP contribution is -2.57. The molecule has 0 amide bonds. The average molecular weight is 639 g/mol. The molecule has 2 aromatic heterocycles. The molecule has 0 aliphatic carbocycles. The molecule has 0 bridgehead atoms. The highest BCUT2D eigenvalue weighted by Gasteiger charge is 2.33. The molecule has 2 aliphatic heterocycles. The summed E-state index contributed by atoms with van der Waals surface area (Å²) in [7, 11) is -1.09. The van der Waals surface area contributed by atoms with Crippen LogP contribution >= 0.6 is 23.1 Å². The summed E-state index contributed by atoms with van der Waals surface area (Å²) in [5, 5.41) is 7.26. The minimum absolute atomic E-state index is 0.315. The first-order chi connectivity index (χ1) is 19.7. The Labute approximate surface area is 247 Å². The van der Waals surface area contributed by atoms with Crippen molar-refractivity contribution in [3.63, 3.8) is 0 Å². The fraction of sp³-hybridized carbons (Fsp3) is 0.357. The predicted molar refractivity (Wildman–Crippen MR) is 167 cm³/mol. The third-order valence-corrected chi connectivity index (χ3v) is 9.54. The zero-order valence-electron chi connectivity index (χ0n) is 23.4. The lowest BCUT2D eigenvalue weighted by molar-refractivity contribution is 0.172. The normalized spacial score (nSPS) is 17.0. The number of methoxy groups -OCH3 is 1. The zero-order valence-corrected chi connectivity index (χ0v) is 25.9. The Morgan fingerprint density at radius 1 is 1.12 bits per heavy atom. The number of benzene rings is 2. The third-order valence-electron chi connectivity index (χ3n) is 7.43. The number of aromatic nitrogens is 4. The smallest absolute Gasteiger partial charge is 0.229 e. The van der Waals surface area contributed by atoms with Gasteiger partial charge in [-0.15, -0.1) is 0 Å². The van der Waals surface area contributed by atoms with Gasteiger partial charge in [-0.05, 0) is 47.9 Å². The fourth-order valence-electron chi connectivity index (χ4n) is 5.44. The number of rotatable bonds is 7. The minimum atomic E-state index is -2.73. The first kappa shape index (κ1) is 27.7. The quantitative estimate of drug-likeness (QED) is 0.271. The molecule has 0 radical (unpaired) electrons. The van der Waals surface area contributed by atoms with Crippen molar-refractivity contribution in [2.75, 3.05) is 68.8 Å². The van der Waals surface area contributed by atoms with Crippen molar-refractivity contribution >= 4 is 68.2 Å². The van der Waals surface area contributed by atoms with E-state index >= 15 is 0 Å². The molecule has 1 fully saturated rings. The second-order valence-corrected chi connectivity index (χ2v) is 14.5. The van der Waals surface area contributed by atoms with Crippen molar-refractivity contribution in [1.82, 2.24) is 24.8 Å². The van der Waals surface area contributed by atoms with Crippen LogP contribution < -0.4 is 30.3 Å². The molecule has 0 unspecified atom stereocenters. The lowest BCUT2D eigenvalue weighted by atomic mass is 10.1.